The van der Waals surface area contributed by atoms with Gasteiger partial charge in [-0.15, -0.1) is 0 Å². The summed E-state index contributed by atoms with van der Waals surface area (Å²) >= 11 is 7.82. The number of rotatable bonds is 7. The quantitative estimate of drug-likeness (QED) is 0.413. The highest BCUT2D eigenvalue weighted by atomic mass is 35.5. The Morgan fingerprint density at radius 3 is 2.61 bits per heavy atom. The largest absolute Gasteiger partial charge is 0.497 e. The fraction of sp³-hybridized carbons (Fsp3) is 0.200. The van der Waals surface area contributed by atoms with Gasteiger partial charge in [0, 0.05) is 18.0 Å². The fourth-order valence-electron chi connectivity index (χ4n) is 2.60. The standard InChI is InChI=1S/C20H22ClN5OS/c1-12-6-5-7-16(13(12)2)24-20-22-11-15(21)19(25-20)23-17-9-8-14(27-3)10-18(17)26-28-4/h5-11,26H,1-4H3,(H2,22,23,24,25). The number of methoxy groups -OCH3 is 1. The highest BCUT2D eigenvalue weighted by Gasteiger charge is 2.11. The molecule has 0 atom stereocenters. The number of hydrogen-bond acceptors (Lipinski definition) is 7. The van der Waals surface area contributed by atoms with Crippen LogP contribution in [0.3, 0.4) is 0 Å². The minimum absolute atomic E-state index is 0.428. The smallest absolute Gasteiger partial charge is 0.229 e. The molecular weight excluding hydrogens is 394 g/mol. The lowest BCUT2D eigenvalue weighted by molar-refractivity contribution is 0.415. The van der Waals surface area contributed by atoms with Crippen molar-refractivity contribution in [1.29, 1.82) is 0 Å². The van der Waals surface area contributed by atoms with E-state index >= 15 is 0 Å². The Morgan fingerprint density at radius 1 is 1.04 bits per heavy atom. The van der Waals surface area contributed by atoms with Crippen LogP contribution in [0, 0.1) is 13.8 Å². The predicted octanol–water partition coefficient (Wildman–Crippen LogP) is 5.93. The number of hydrogen-bond donors (Lipinski definition) is 3. The summed E-state index contributed by atoms with van der Waals surface area (Å²) < 4.78 is 8.53. The van der Waals surface area contributed by atoms with Crippen molar-refractivity contribution in [2.45, 2.75) is 13.8 Å². The summed E-state index contributed by atoms with van der Waals surface area (Å²) in [5.74, 6) is 1.74. The molecule has 0 aliphatic heterocycles. The van der Waals surface area contributed by atoms with E-state index in [-0.39, 0.29) is 0 Å². The summed E-state index contributed by atoms with van der Waals surface area (Å²) in [6.45, 7) is 4.13. The van der Waals surface area contributed by atoms with E-state index in [2.05, 4.69) is 45.2 Å². The molecule has 0 spiro atoms. The third kappa shape index (κ3) is 4.61. The number of aryl methyl sites for hydroxylation is 1. The van der Waals surface area contributed by atoms with Gasteiger partial charge in [0.15, 0.2) is 5.82 Å². The third-order valence-electron chi connectivity index (χ3n) is 4.29. The first-order valence-corrected chi connectivity index (χ1v) is 10.2. The molecule has 0 fully saturated rings. The van der Waals surface area contributed by atoms with E-state index in [1.807, 2.05) is 36.6 Å². The van der Waals surface area contributed by atoms with Crippen LogP contribution in [0.1, 0.15) is 11.1 Å². The van der Waals surface area contributed by atoms with Crippen molar-refractivity contribution in [3.05, 3.63) is 58.7 Å². The van der Waals surface area contributed by atoms with Gasteiger partial charge in [0.2, 0.25) is 5.95 Å². The molecule has 0 radical (unpaired) electrons. The maximum atomic E-state index is 6.33. The minimum atomic E-state index is 0.428. The normalized spacial score (nSPS) is 10.5. The van der Waals surface area contributed by atoms with Gasteiger partial charge < -0.3 is 20.1 Å². The second-order valence-corrected chi connectivity index (χ2v) is 7.12. The van der Waals surface area contributed by atoms with Crippen molar-refractivity contribution in [3.8, 4) is 5.75 Å². The van der Waals surface area contributed by atoms with Gasteiger partial charge in [-0.3, -0.25) is 0 Å². The number of benzene rings is 2. The number of ether oxygens (including phenoxy) is 1. The highest BCUT2D eigenvalue weighted by Crippen LogP contribution is 2.33. The Hall–Kier alpha value is -2.64. The van der Waals surface area contributed by atoms with E-state index in [0.717, 1.165) is 28.4 Å². The molecule has 0 bridgehead atoms. The highest BCUT2D eigenvalue weighted by molar-refractivity contribution is 7.99. The number of halogens is 1. The Kier molecular flexibility index (Phi) is 6.49. The van der Waals surface area contributed by atoms with Gasteiger partial charge in [0.05, 0.1) is 24.7 Å². The predicted molar refractivity (Wildman–Crippen MR) is 120 cm³/mol. The summed E-state index contributed by atoms with van der Waals surface area (Å²) in [7, 11) is 1.64. The van der Waals surface area contributed by atoms with Crippen LogP contribution in [0.15, 0.2) is 42.6 Å². The zero-order valence-corrected chi connectivity index (χ0v) is 17.7. The maximum Gasteiger partial charge on any atom is 0.229 e. The van der Waals surface area contributed by atoms with Crippen LogP contribution in [0.4, 0.5) is 28.8 Å². The fourth-order valence-corrected chi connectivity index (χ4v) is 3.13. The molecule has 0 amide bonds. The monoisotopic (exact) mass is 415 g/mol. The molecule has 3 aromatic rings. The van der Waals surface area contributed by atoms with Gasteiger partial charge in [-0.2, -0.15) is 4.98 Å². The average Bonchev–Trinajstić information content (AvgIpc) is 2.69. The number of nitrogens with one attached hydrogen (secondary N) is 3. The van der Waals surface area contributed by atoms with Crippen LogP contribution < -0.4 is 20.1 Å². The van der Waals surface area contributed by atoms with Gasteiger partial charge >= 0.3 is 0 Å². The molecule has 3 N–H and O–H groups in total. The van der Waals surface area contributed by atoms with E-state index in [1.54, 1.807) is 13.3 Å². The van der Waals surface area contributed by atoms with Gasteiger partial charge in [-0.05, 0) is 43.2 Å². The zero-order chi connectivity index (χ0) is 20.1. The van der Waals surface area contributed by atoms with Crippen LogP contribution in [-0.4, -0.2) is 23.3 Å². The van der Waals surface area contributed by atoms with Crippen molar-refractivity contribution in [1.82, 2.24) is 9.97 Å². The van der Waals surface area contributed by atoms with Gasteiger partial charge in [-0.25, -0.2) is 4.98 Å². The molecule has 2 aromatic carbocycles. The van der Waals surface area contributed by atoms with Crippen molar-refractivity contribution >= 4 is 52.4 Å². The molecule has 1 aromatic heterocycles. The first kappa shape index (κ1) is 20.1. The first-order valence-electron chi connectivity index (χ1n) is 8.61. The van der Waals surface area contributed by atoms with Crippen molar-refractivity contribution in [3.63, 3.8) is 0 Å². The molecular formula is C20H22ClN5OS. The molecule has 1 heterocycles. The van der Waals surface area contributed by atoms with Gasteiger partial charge in [0.1, 0.15) is 10.8 Å². The Labute approximate surface area is 174 Å². The summed E-state index contributed by atoms with van der Waals surface area (Å²) in [6.07, 6.45) is 3.53. The molecule has 0 saturated carbocycles. The molecule has 3 rings (SSSR count). The van der Waals surface area contributed by atoms with Crippen LogP contribution in [0.2, 0.25) is 5.02 Å². The maximum absolute atomic E-state index is 6.33. The lowest BCUT2D eigenvalue weighted by atomic mass is 10.1. The topological polar surface area (TPSA) is 71.1 Å². The lowest BCUT2D eigenvalue weighted by Crippen LogP contribution is -2.04. The number of nitrogens with zero attached hydrogens (tertiary/aromatic N) is 2. The summed E-state index contributed by atoms with van der Waals surface area (Å²) in [5, 5.41) is 6.97. The molecule has 0 unspecified atom stereocenters. The molecule has 8 heteroatoms. The van der Waals surface area contributed by atoms with Gasteiger partial charge in [0.25, 0.3) is 0 Å². The average molecular weight is 416 g/mol. The Morgan fingerprint density at radius 2 is 1.86 bits per heavy atom. The summed E-state index contributed by atoms with van der Waals surface area (Å²) in [4.78, 5) is 8.85. The van der Waals surface area contributed by atoms with Crippen molar-refractivity contribution in [2.75, 3.05) is 28.7 Å². The molecule has 0 saturated heterocycles. The van der Waals surface area contributed by atoms with E-state index < -0.39 is 0 Å². The zero-order valence-electron chi connectivity index (χ0n) is 16.1. The van der Waals surface area contributed by atoms with E-state index in [4.69, 9.17) is 16.3 Å². The molecule has 0 aliphatic rings. The van der Waals surface area contributed by atoms with E-state index in [0.29, 0.717) is 16.8 Å². The van der Waals surface area contributed by atoms with Crippen molar-refractivity contribution in [2.24, 2.45) is 0 Å². The summed E-state index contributed by atoms with van der Waals surface area (Å²) in [6, 6.07) is 11.8. The van der Waals surface area contributed by atoms with Crippen LogP contribution in [0.25, 0.3) is 0 Å². The Bertz CT molecular complexity index is 983. The molecule has 0 aliphatic carbocycles. The molecule has 146 valence electrons. The molecule has 28 heavy (non-hydrogen) atoms. The lowest BCUT2D eigenvalue weighted by Gasteiger charge is -2.15. The molecule has 6 nitrogen and oxygen atoms in total. The van der Waals surface area contributed by atoms with Crippen LogP contribution in [-0.2, 0) is 0 Å². The SMILES string of the molecule is COc1ccc(Nc2nc(Nc3cccc(C)c3C)ncc2Cl)c(NSC)c1. The second-order valence-electron chi connectivity index (χ2n) is 6.11. The summed E-state index contributed by atoms with van der Waals surface area (Å²) in [5.41, 5.74) is 5.00. The number of anilines is 5. The van der Waals surface area contributed by atoms with Gasteiger partial charge in [-0.1, -0.05) is 35.7 Å². The third-order valence-corrected chi connectivity index (χ3v) is 4.99. The number of aromatic nitrogens is 2. The van der Waals surface area contributed by atoms with Crippen LogP contribution in [0.5, 0.6) is 5.75 Å². The minimum Gasteiger partial charge on any atom is -0.497 e. The van der Waals surface area contributed by atoms with Crippen LogP contribution >= 0.6 is 23.5 Å². The first-order chi connectivity index (χ1) is 13.5. The van der Waals surface area contributed by atoms with E-state index in [9.17, 15) is 0 Å². The van der Waals surface area contributed by atoms with Crippen molar-refractivity contribution < 1.29 is 4.74 Å². The second kappa shape index (κ2) is 9.03. The Balaban J connectivity index is 1.89. The van der Waals surface area contributed by atoms with E-state index in [1.165, 1.54) is 17.5 Å².